The lowest BCUT2D eigenvalue weighted by atomic mass is 10.1. The molecule has 9 heteroatoms. The van der Waals surface area contributed by atoms with Gasteiger partial charge >= 0.3 is 6.61 Å². The van der Waals surface area contributed by atoms with Gasteiger partial charge in [0.15, 0.2) is 0 Å². The van der Waals surface area contributed by atoms with E-state index < -0.39 is 11.5 Å². The molecule has 0 spiro atoms. The Morgan fingerprint density at radius 1 is 1.29 bits per heavy atom. The van der Waals surface area contributed by atoms with Crippen molar-refractivity contribution in [1.29, 1.82) is 0 Å². The van der Waals surface area contributed by atoms with Crippen molar-refractivity contribution in [2.24, 2.45) is 0 Å². The van der Waals surface area contributed by atoms with Gasteiger partial charge < -0.3 is 15.2 Å². The minimum absolute atomic E-state index is 0.0294. The van der Waals surface area contributed by atoms with Crippen molar-refractivity contribution < 1.29 is 23.5 Å². The van der Waals surface area contributed by atoms with Gasteiger partial charge in [0, 0.05) is 23.2 Å². The fraction of sp³-hybridized carbons (Fsp3) is 0.200. The zero-order valence-electron chi connectivity index (χ0n) is 12.2. The summed E-state index contributed by atoms with van der Waals surface area (Å²) < 4.78 is 29.3. The van der Waals surface area contributed by atoms with Gasteiger partial charge in [-0.1, -0.05) is 11.6 Å². The predicted octanol–water partition coefficient (Wildman–Crippen LogP) is 3.95. The fourth-order valence-electron chi connectivity index (χ4n) is 2.07. The first-order chi connectivity index (χ1) is 11.4. The van der Waals surface area contributed by atoms with E-state index in [9.17, 15) is 18.9 Å². The number of nitrogens with one attached hydrogen (secondary N) is 1. The Morgan fingerprint density at radius 3 is 2.67 bits per heavy atom. The summed E-state index contributed by atoms with van der Waals surface area (Å²) in [7, 11) is 0. The predicted molar refractivity (Wildman–Crippen MR) is 84.4 cm³/mol. The number of nitro benzene ring substituents is 1. The number of hydrogen-bond acceptors (Lipinski definition) is 5. The first-order valence-corrected chi connectivity index (χ1v) is 7.13. The van der Waals surface area contributed by atoms with Gasteiger partial charge in [0.1, 0.15) is 11.4 Å². The van der Waals surface area contributed by atoms with Crippen molar-refractivity contribution in [3.63, 3.8) is 0 Å². The molecule has 2 rings (SSSR count). The highest BCUT2D eigenvalue weighted by molar-refractivity contribution is 6.30. The number of nitrogens with zero attached hydrogens (tertiary/aromatic N) is 1. The third-order valence-electron chi connectivity index (χ3n) is 3.15. The largest absolute Gasteiger partial charge is 0.434 e. The topological polar surface area (TPSA) is 84.6 Å². The molecule has 0 aliphatic rings. The van der Waals surface area contributed by atoms with Gasteiger partial charge in [-0.05, 0) is 35.9 Å². The van der Waals surface area contributed by atoms with E-state index in [0.717, 1.165) is 0 Å². The van der Waals surface area contributed by atoms with Crippen LogP contribution in [0.3, 0.4) is 0 Å². The Kier molecular flexibility index (Phi) is 5.88. The van der Waals surface area contributed by atoms with Gasteiger partial charge in [-0.25, -0.2) is 0 Å². The lowest BCUT2D eigenvalue weighted by Gasteiger charge is -2.13. The van der Waals surface area contributed by atoms with E-state index in [2.05, 4.69) is 10.1 Å². The van der Waals surface area contributed by atoms with E-state index in [4.69, 9.17) is 16.7 Å². The van der Waals surface area contributed by atoms with Crippen LogP contribution < -0.4 is 10.1 Å². The molecule has 0 bridgehead atoms. The van der Waals surface area contributed by atoms with Crippen LogP contribution in [0.5, 0.6) is 5.75 Å². The number of ether oxygens (including phenoxy) is 1. The molecule has 0 saturated carbocycles. The van der Waals surface area contributed by atoms with E-state index in [1.54, 1.807) is 0 Å². The van der Waals surface area contributed by atoms with Crippen molar-refractivity contribution in [2.75, 3.05) is 5.32 Å². The van der Waals surface area contributed by atoms with Crippen LogP contribution in [0.4, 0.5) is 20.2 Å². The summed E-state index contributed by atoms with van der Waals surface area (Å²) in [5, 5.41) is 23.3. The molecule has 128 valence electrons. The highest BCUT2D eigenvalue weighted by Crippen LogP contribution is 2.29. The van der Waals surface area contributed by atoms with E-state index >= 15 is 0 Å². The quantitative estimate of drug-likeness (QED) is 0.578. The summed E-state index contributed by atoms with van der Waals surface area (Å²) in [6, 6.07) is 8.21. The van der Waals surface area contributed by atoms with Crippen LogP contribution in [0.15, 0.2) is 36.4 Å². The average Bonchev–Trinajstić information content (AvgIpc) is 2.54. The number of benzene rings is 2. The van der Waals surface area contributed by atoms with Crippen molar-refractivity contribution in [3.8, 4) is 5.75 Å². The molecule has 0 atom stereocenters. The Labute approximate surface area is 140 Å². The van der Waals surface area contributed by atoms with E-state index in [0.29, 0.717) is 16.1 Å². The van der Waals surface area contributed by atoms with Gasteiger partial charge in [0.25, 0.3) is 5.69 Å². The van der Waals surface area contributed by atoms with Gasteiger partial charge in [0.05, 0.1) is 11.5 Å². The lowest BCUT2D eigenvalue weighted by Crippen LogP contribution is -2.08. The zero-order valence-corrected chi connectivity index (χ0v) is 13.0. The molecule has 0 radical (unpaired) electrons. The standard InChI is InChI=1S/C15H13ClF2N2O4/c16-11-2-4-14(24-15(17)18)10(6-11)7-19-12-5-9(8-21)1-3-13(12)20(22)23/h1-6,15,19,21H,7-8H2. The number of halogens is 3. The number of aliphatic hydroxyl groups is 1. The van der Waals surface area contributed by atoms with Gasteiger partial charge in [-0.3, -0.25) is 10.1 Å². The molecule has 2 aromatic carbocycles. The SMILES string of the molecule is O=[N+]([O-])c1ccc(CO)cc1NCc1cc(Cl)ccc1OC(F)F. The first kappa shape index (κ1) is 17.9. The fourth-order valence-corrected chi connectivity index (χ4v) is 2.26. The number of aliphatic hydroxyl groups excluding tert-OH is 1. The van der Waals surface area contributed by atoms with Crippen LogP contribution in [-0.2, 0) is 13.2 Å². The molecule has 2 aromatic rings. The van der Waals surface area contributed by atoms with Crippen LogP contribution in [0.25, 0.3) is 0 Å². The molecule has 0 saturated heterocycles. The molecule has 0 heterocycles. The Bertz CT molecular complexity index is 743. The molecule has 0 aliphatic carbocycles. The summed E-state index contributed by atoms with van der Waals surface area (Å²) in [5.74, 6) is -0.0807. The maximum atomic E-state index is 12.4. The maximum Gasteiger partial charge on any atom is 0.387 e. The van der Waals surface area contributed by atoms with Gasteiger partial charge in [-0.2, -0.15) is 8.78 Å². The zero-order chi connectivity index (χ0) is 17.7. The molecule has 6 nitrogen and oxygen atoms in total. The maximum absolute atomic E-state index is 12.4. The molecule has 0 unspecified atom stereocenters. The Balaban J connectivity index is 2.27. The van der Waals surface area contributed by atoms with Crippen LogP contribution >= 0.6 is 11.6 Å². The van der Waals surface area contributed by atoms with Crippen LogP contribution in [-0.4, -0.2) is 16.6 Å². The van der Waals surface area contributed by atoms with Crippen LogP contribution in [0, 0.1) is 10.1 Å². The van der Waals surface area contributed by atoms with E-state index in [1.807, 2.05) is 0 Å². The Morgan fingerprint density at radius 2 is 2.04 bits per heavy atom. The smallest absolute Gasteiger partial charge is 0.387 e. The van der Waals surface area contributed by atoms with Gasteiger partial charge in [-0.15, -0.1) is 0 Å². The molecule has 24 heavy (non-hydrogen) atoms. The molecule has 0 aromatic heterocycles. The summed E-state index contributed by atoms with van der Waals surface area (Å²) in [5.41, 5.74) is 0.727. The molecular weight excluding hydrogens is 346 g/mol. The van der Waals surface area contributed by atoms with Crippen LogP contribution in [0.1, 0.15) is 11.1 Å². The van der Waals surface area contributed by atoms with Crippen molar-refractivity contribution in [2.45, 2.75) is 19.8 Å². The number of alkyl halides is 2. The second kappa shape index (κ2) is 7.89. The Hall–Kier alpha value is -2.45. The second-order valence-corrected chi connectivity index (χ2v) is 5.19. The number of rotatable bonds is 7. The summed E-state index contributed by atoms with van der Waals surface area (Å²) in [6.07, 6.45) is 0. The van der Waals surface area contributed by atoms with Crippen molar-refractivity contribution in [3.05, 3.63) is 62.7 Å². The number of anilines is 1. The molecule has 0 amide bonds. The van der Waals surface area contributed by atoms with Crippen molar-refractivity contribution >= 4 is 23.0 Å². The monoisotopic (exact) mass is 358 g/mol. The molecular formula is C15H13ClF2N2O4. The molecule has 0 aliphatic heterocycles. The number of hydrogen-bond donors (Lipinski definition) is 2. The average molecular weight is 359 g/mol. The minimum Gasteiger partial charge on any atom is -0.434 e. The molecule has 0 fully saturated rings. The van der Waals surface area contributed by atoms with E-state index in [1.165, 1.54) is 36.4 Å². The van der Waals surface area contributed by atoms with Crippen LogP contribution in [0.2, 0.25) is 5.02 Å². The summed E-state index contributed by atoms with van der Waals surface area (Å²) >= 11 is 5.85. The highest BCUT2D eigenvalue weighted by atomic mass is 35.5. The number of nitro groups is 1. The van der Waals surface area contributed by atoms with E-state index in [-0.39, 0.29) is 30.3 Å². The highest BCUT2D eigenvalue weighted by Gasteiger charge is 2.16. The third kappa shape index (κ3) is 4.53. The summed E-state index contributed by atoms with van der Waals surface area (Å²) in [4.78, 5) is 10.5. The van der Waals surface area contributed by atoms with Gasteiger partial charge in [0.2, 0.25) is 0 Å². The minimum atomic E-state index is -3.00. The molecule has 2 N–H and O–H groups in total. The second-order valence-electron chi connectivity index (χ2n) is 4.75. The normalized spacial score (nSPS) is 10.7. The lowest BCUT2D eigenvalue weighted by molar-refractivity contribution is -0.384. The van der Waals surface area contributed by atoms with Crippen molar-refractivity contribution in [1.82, 2.24) is 0 Å². The first-order valence-electron chi connectivity index (χ1n) is 6.76. The third-order valence-corrected chi connectivity index (χ3v) is 3.38. The summed E-state index contributed by atoms with van der Waals surface area (Å²) in [6.45, 7) is -3.32.